The van der Waals surface area contributed by atoms with E-state index in [0.717, 1.165) is 25.7 Å². The van der Waals surface area contributed by atoms with E-state index in [0.29, 0.717) is 0 Å². The van der Waals surface area contributed by atoms with Gasteiger partial charge in [-0.2, -0.15) is 0 Å². The largest absolute Gasteiger partial charge is 0.375 e. The molecule has 0 atom stereocenters. The van der Waals surface area contributed by atoms with Crippen LogP contribution in [0.1, 0.15) is 36.8 Å². The molecule has 2 aliphatic carbocycles. The summed E-state index contributed by atoms with van der Waals surface area (Å²) in [7, 11) is 0. The fourth-order valence-electron chi connectivity index (χ4n) is 11.1. The number of fused-ring (bicyclic) bond motifs is 6. The molecule has 8 aromatic carbocycles. The molecule has 0 saturated heterocycles. The summed E-state index contributed by atoms with van der Waals surface area (Å²) >= 11 is 0. The van der Waals surface area contributed by atoms with Crippen LogP contribution in [0, 0.1) is 0 Å². The van der Waals surface area contributed by atoms with Crippen LogP contribution in [0.25, 0.3) is 99.7 Å². The number of hydrogen-bond acceptors (Lipinski definition) is 0. The first-order valence-electron chi connectivity index (χ1n) is 22.2. The van der Waals surface area contributed by atoms with Gasteiger partial charge in [-0.05, 0) is 151 Å². The molecule has 0 bridgehead atoms. The van der Waals surface area contributed by atoms with Crippen molar-refractivity contribution in [3.8, 4) is 66.8 Å². The van der Waals surface area contributed by atoms with Crippen molar-refractivity contribution in [3.63, 3.8) is 0 Å². The van der Waals surface area contributed by atoms with E-state index in [1.807, 2.05) is 0 Å². The molecule has 290 valence electrons. The molecule has 1 aromatic heterocycles. The van der Waals surface area contributed by atoms with E-state index < -0.39 is 0 Å². The zero-order valence-electron chi connectivity index (χ0n) is 34.5. The number of benzene rings is 8. The third-order valence-electron chi connectivity index (χ3n) is 13.9. The number of nitrogens with zero attached hydrogens (tertiary/aromatic N) is 1. The molecule has 4 aliphatic rings. The van der Waals surface area contributed by atoms with Crippen molar-refractivity contribution in [2.75, 3.05) is 0 Å². The highest BCUT2D eigenvalue weighted by atomic mass is 14.9. The van der Waals surface area contributed by atoms with Crippen LogP contribution < -0.4 is 5.46 Å². The highest BCUT2D eigenvalue weighted by molar-refractivity contribution is 6.84. The minimum atomic E-state index is 0.129. The molecule has 1 nitrogen and oxygen atoms in total. The van der Waals surface area contributed by atoms with Gasteiger partial charge in [0.15, 0.2) is 0 Å². The van der Waals surface area contributed by atoms with Gasteiger partial charge in [0, 0.05) is 32.9 Å². The van der Waals surface area contributed by atoms with Gasteiger partial charge >= 0.3 is 6.85 Å². The van der Waals surface area contributed by atoms with E-state index in [4.69, 9.17) is 0 Å². The van der Waals surface area contributed by atoms with Crippen LogP contribution in [-0.4, -0.2) is 11.3 Å². The molecular formula is C60H42BN. The first-order chi connectivity index (χ1) is 30.8. The standard InChI is InChI=1S/C60H42BN/c1-5-17-39(18-6-1)43-29-31-47(41-21-9-3-10-22-41)51(33-43)45-35-53-49-25-13-15-27-57(49)61-58-28-16-14-26-50(58)54-36-46(38-56-55(37-45)59(53)62(61)60(54)56)52-34-44(40-19-7-2-8-20-40)30-32-48(52)42-23-11-4-12-24-42/h1,3-7,9-13,15-25,27-38H,2,8,14,26H2. The van der Waals surface area contributed by atoms with Crippen molar-refractivity contribution in [3.05, 3.63) is 223 Å². The molecule has 0 unspecified atom stereocenters. The Kier molecular flexibility index (Phi) is 8.03. The second-order valence-corrected chi connectivity index (χ2v) is 17.3. The maximum Gasteiger partial charge on any atom is 0.329 e. The normalized spacial score (nSPS) is 14.7. The van der Waals surface area contributed by atoms with E-state index in [9.17, 15) is 0 Å². The molecule has 0 amide bonds. The number of rotatable bonds is 6. The van der Waals surface area contributed by atoms with Crippen molar-refractivity contribution >= 4 is 45.3 Å². The van der Waals surface area contributed by atoms with Gasteiger partial charge in [0.25, 0.3) is 0 Å². The molecule has 13 rings (SSSR count). The Balaban J connectivity index is 1.15. The third kappa shape index (κ3) is 5.43. The maximum atomic E-state index is 2.73. The molecule has 9 aromatic rings. The lowest BCUT2D eigenvalue weighted by atomic mass is 9.44. The highest BCUT2D eigenvalue weighted by Crippen LogP contribution is 2.51. The summed E-state index contributed by atoms with van der Waals surface area (Å²) < 4.78 is 2.73. The van der Waals surface area contributed by atoms with Crippen LogP contribution in [0.4, 0.5) is 0 Å². The van der Waals surface area contributed by atoms with Gasteiger partial charge in [-0.1, -0.05) is 170 Å². The van der Waals surface area contributed by atoms with Gasteiger partial charge in [-0.3, -0.25) is 0 Å². The molecule has 3 heterocycles. The molecule has 0 N–H and O–H groups in total. The molecule has 2 aliphatic heterocycles. The summed E-state index contributed by atoms with van der Waals surface area (Å²) in [6, 6.07) is 66.2. The van der Waals surface area contributed by atoms with Crippen LogP contribution in [0.2, 0.25) is 0 Å². The summed E-state index contributed by atoms with van der Waals surface area (Å²) in [6.45, 7) is 0.129. The minimum absolute atomic E-state index is 0.129. The van der Waals surface area contributed by atoms with Gasteiger partial charge in [-0.25, -0.2) is 0 Å². The summed E-state index contributed by atoms with van der Waals surface area (Å²) in [5, 5.41) is 2.65. The van der Waals surface area contributed by atoms with Gasteiger partial charge in [0.2, 0.25) is 0 Å². The Hall–Kier alpha value is -7.42. The average Bonchev–Trinajstić information content (AvgIpc) is 3.69. The molecule has 0 saturated carbocycles. The topological polar surface area (TPSA) is 4.93 Å². The first kappa shape index (κ1) is 35.4. The lowest BCUT2D eigenvalue weighted by Crippen LogP contribution is -2.45. The minimum Gasteiger partial charge on any atom is -0.375 e. The first-order valence-corrected chi connectivity index (χ1v) is 22.2. The second-order valence-electron chi connectivity index (χ2n) is 17.3. The summed E-state index contributed by atoms with van der Waals surface area (Å²) in [6.07, 6.45) is 16.2. The van der Waals surface area contributed by atoms with Crippen molar-refractivity contribution < 1.29 is 0 Å². The van der Waals surface area contributed by atoms with Crippen LogP contribution in [0.15, 0.2) is 212 Å². The zero-order chi connectivity index (χ0) is 40.7. The van der Waals surface area contributed by atoms with Crippen molar-refractivity contribution in [2.45, 2.75) is 25.7 Å². The molecule has 0 spiro atoms. The molecule has 0 fully saturated rings. The Morgan fingerprint density at radius 1 is 0.371 bits per heavy atom. The summed E-state index contributed by atoms with van der Waals surface area (Å²) in [5.41, 5.74) is 26.1. The Bertz CT molecular complexity index is 3430. The van der Waals surface area contributed by atoms with Gasteiger partial charge in [0.1, 0.15) is 0 Å². The summed E-state index contributed by atoms with van der Waals surface area (Å²) in [5.74, 6) is 0. The van der Waals surface area contributed by atoms with E-state index in [1.165, 1.54) is 122 Å². The Morgan fingerprint density at radius 2 is 0.935 bits per heavy atom. The van der Waals surface area contributed by atoms with Crippen LogP contribution in [0.3, 0.4) is 0 Å². The maximum absolute atomic E-state index is 2.73. The van der Waals surface area contributed by atoms with Crippen molar-refractivity contribution in [2.24, 2.45) is 0 Å². The molecule has 62 heavy (non-hydrogen) atoms. The van der Waals surface area contributed by atoms with Crippen molar-refractivity contribution in [1.82, 2.24) is 4.48 Å². The SMILES string of the molecule is C1=CC(c2ccc(-c3ccccc3)c(-c3cc4c5c(c3)c3cc(-c6cc(-c7ccccc7)ccc6-c6ccccc6)cc6c3n5B(C3=C4CCC=C3)c3ccccc3-6)c2)=CCC1. The quantitative estimate of drug-likeness (QED) is 0.148. The Morgan fingerprint density at radius 3 is 1.61 bits per heavy atom. The lowest BCUT2D eigenvalue weighted by molar-refractivity contribution is 1.04. The number of allylic oxidation sites excluding steroid dienone is 8. The molecule has 0 radical (unpaired) electrons. The monoisotopic (exact) mass is 787 g/mol. The fraction of sp³-hybridized carbons (Fsp3) is 0.0667. The smallest absolute Gasteiger partial charge is 0.329 e. The zero-order valence-corrected chi connectivity index (χ0v) is 34.5. The third-order valence-corrected chi connectivity index (χ3v) is 13.9. The Labute approximate surface area is 363 Å². The van der Waals surface area contributed by atoms with E-state index in [1.54, 1.807) is 0 Å². The highest BCUT2D eigenvalue weighted by Gasteiger charge is 2.40. The predicted molar refractivity (Wildman–Crippen MR) is 264 cm³/mol. The van der Waals surface area contributed by atoms with Crippen LogP contribution in [0.5, 0.6) is 0 Å². The fourth-order valence-corrected chi connectivity index (χ4v) is 11.1. The predicted octanol–water partition coefficient (Wildman–Crippen LogP) is 15.2. The van der Waals surface area contributed by atoms with E-state index >= 15 is 0 Å². The van der Waals surface area contributed by atoms with Crippen LogP contribution in [-0.2, 0) is 0 Å². The van der Waals surface area contributed by atoms with Crippen molar-refractivity contribution in [1.29, 1.82) is 0 Å². The number of aromatic nitrogens is 1. The van der Waals surface area contributed by atoms with E-state index in [2.05, 4.69) is 211 Å². The second kappa shape index (κ2) is 14.1. The van der Waals surface area contributed by atoms with Gasteiger partial charge in [0.05, 0.1) is 0 Å². The lowest BCUT2D eigenvalue weighted by Gasteiger charge is -2.34. The molecule has 2 heteroatoms. The van der Waals surface area contributed by atoms with Crippen LogP contribution >= 0.6 is 0 Å². The average molecular weight is 788 g/mol. The van der Waals surface area contributed by atoms with Gasteiger partial charge in [-0.15, -0.1) is 0 Å². The summed E-state index contributed by atoms with van der Waals surface area (Å²) in [4.78, 5) is 0. The number of hydrogen-bond donors (Lipinski definition) is 0. The van der Waals surface area contributed by atoms with E-state index in [-0.39, 0.29) is 6.85 Å². The van der Waals surface area contributed by atoms with Gasteiger partial charge < -0.3 is 4.48 Å². The molecular weight excluding hydrogens is 745 g/mol.